The van der Waals surface area contributed by atoms with Crippen LogP contribution < -0.4 is 0 Å². The Balaban J connectivity index is 2.66. The summed E-state index contributed by atoms with van der Waals surface area (Å²) in [5.74, 6) is 0.883. The number of hydrogen-bond donors (Lipinski definition) is 0. The lowest BCUT2D eigenvalue weighted by Gasteiger charge is -2.14. The predicted octanol–water partition coefficient (Wildman–Crippen LogP) is 3.80. The van der Waals surface area contributed by atoms with Gasteiger partial charge in [0.1, 0.15) is 5.52 Å². The van der Waals surface area contributed by atoms with Crippen molar-refractivity contribution in [1.29, 1.82) is 0 Å². The van der Waals surface area contributed by atoms with E-state index in [4.69, 9.17) is 23.2 Å². The molecule has 0 fully saturated rings. The third kappa shape index (κ3) is 1.89. The zero-order valence-corrected chi connectivity index (χ0v) is 10.9. The molecule has 16 heavy (non-hydrogen) atoms. The minimum absolute atomic E-state index is 0.233. The van der Waals surface area contributed by atoms with E-state index in [1.54, 1.807) is 10.7 Å². The Bertz CT molecular complexity index is 519. The number of rotatable bonds is 2. The zero-order chi connectivity index (χ0) is 11.9. The number of aromatic nitrogens is 3. The molecule has 0 aliphatic heterocycles. The number of halogens is 2. The second-order valence-corrected chi connectivity index (χ2v) is 5.02. The Kier molecular flexibility index (Phi) is 3.08. The molecular formula is C11H13Cl2N3. The monoisotopic (exact) mass is 257 g/mol. The Morgan fingerprint density at radius 1 is 1.25 bits per heavy atom. The van der Waals surface area contributed by atoms with E-state index in [-0.39, 0.29) is 5.28 Å². The van der Waals surface area contributed by atoms with E-state index in [1.165, 1.54) is 0 Å². The average Bonchev–Trinajstić information content (AvgIpc) is 2.54. The van der Waals surface area contributed by atoms with Crippen molar-refractivity contribution in [2.75, 3.05) is 0 Å². The summed E-state index contributed by atoms with van der Waals surface area (Å²) in [7, 11) is 0. The molecule has 0 aliphatic carbocycles. The van der Waals surface area contributed by atoms with Crippen molar-refractivity contribution >= 4 is 28.7 Å². The molecule has 2 aromatic rings. The van der Waals surface area contributed by atoms with Crippen molar-refractivity contribution in [3.8, 4) is 0 Å². The van der Waals surface area contributed by atoms with E-state index in [0.717, 1.165) is 11.2 Å². The minimum Gasteiger partial charge on any atom is -0.231 e. The molecule has 0 N–H and O–H groups in total. The Hall–Kier alpha value is -0.800. The van der Waals surface area contributed by atoms with Crippen molar-refractivity contribution in [3.05, 3.63) is 28.3 Å². The standard InChI is InChI=1S/C11H13Cl2N3/c1-6(2)7(3)9-4-8(12)10-5-14-11(13)15-16(9)10/h4-7H,1-3H3. The molecule has 0 aliphatic rings. The highest BCUT2D eigenvalue weighted by Crippen LogP contribution is 2.30. The topological polar surface area (TPSA) is 30.2 Å². The highest BCUT2D eigenvalue weighted by Gasteiger charge is 2.17. The summed E-state index contributed by atoms with van der Waals surface area (Å²) in [5.41, 5.74) is 1.87. The van der Waals surface area contributed by atoms with Crippen molar-refractivity contribution in [2.24, 2.45) is 5.92 Å². The van der Waals surface area contributed by atoms with Gasteiger partial charge < -0.3 is 0 Å². The summed E-state index contributed by atoms with van der Waals surface area (Å²) in [4.78, 5) is 3.93. The van der Waals surface area contributed by atoms with Gasteiger partial charge in [-0.2, -0.15) is 0 Å². The van der Waals surface area contributed by atoms with E-state index in [1.807, 2.05) is 6.07 Å². The van der Waals surface area contributed by atoms with Gasteiger partial charge in [0.05, 0.1) is 11.2 Å². The molecule has 0 amide bonds. The molecule has 3 nitrogen and oxygen atoms in total. The fourth-order valence-corrected chi connectivity index (χ4v) is 1.99. The van der Waals surface area contributed by atoms with Crippen LogP contribution in [0.3, 0.4) is 0 Å². The molecule has 2 aromatic heterocycles. The molecule has 1 atom stereocenters. The molecule has 0 aromatic carbocycles. The summed E-state index contributed by atoms with van der Waals surface area (Å²) >= 11 is 11.9. The normalized spacial score (nSPS) is 13.6. The SMILES string of the molecule is CC(C)C(C)c1cc(Cl)c2cnc(Cl)nn12. The summed E-state index contributed by atoms with van der Waals surface area (Å²) in [6, 6.07) is 1.94. The molecule has 86 valence electrons. The largest absolute Gasteiger partial charge is 0.241 e. The van der Waals surface area contributed by atoms with E-state index in [0.29, 0.717) is 16.9 Å². The zero-order valence-electron chi connectivity index (χ0n) is 9.41. The van der Waals surface area contributed by atoms with Crippen LogP contribution in [-0.2, 0) is 0 Å². The van der Waals surface area contributed by atoms with Crippen LogP contribution in [0.25, 0.3) is 5.52 Å². The molecule has 1 unspecified atom stereocenters. The fraction of sp³-hybridized carbons (Fsp3) is 0.455. The van der Waals surface area contributed by atoms with Crippen LogP contribution >= 0.6 is 23.2 Å². The molecule has 0 saturated heterocycles. The maximum absolute atomic E-state index is 6.13. The van der Waals surface area contributed by atoms with Gasteiger partial charge in [-0.25, -0.2) is 9.50 Å². The lowest BCUT2D eigenvalue weighted by atomic mass is 9.95. The molecule has 0 spiro atoms. The van der Waals surface area contributed by atoms with E-state index >= 15 is 0 Å². The van der Waals surface area contributed by atoms with Gasteiger partial charge in [-0.05, 0) is 23.6 Å². The van der Waals surface area contributed by atoms with Gasteiger partial charge in [0.15, 0.2) is 0 Å². The minimum atomic E-state index is 0.233. The van der Waals surface area contributed by atoms with Crippen LogP contribution in [0.5, 0.6) is 0 Å². The van der Waals surface area contributed by atoms with Crippen LogP contribution in [0.1, 0.15) is 32.4 Å². The first-order valence-corrected chi connectivity index (χ1v) is 5.96. The number of nitrogens with zero attached hydrogens (tertiary/aromatic N) is 3. The van der Waals surface area contributed by atoms with Crippen molar-refractivity contribution in [2.45, 2.75) is 26.7 Å². The van der Waals surface area contributed by atoms with Crippen molar-refractivity contribution in [1.82, 2.24) is 14.6 Å². The molecule has 0 saturated carbocycles. The van der Waals surface area contributed by atoms with E-state index < -0.39 is 0 Å². The van der Waals surface area contributed by atoms with Gasteiger partial charge >= 0.3 is 0 Å². The Labute approximate surface area is 104 Å². The second kappa shape index (κ2) is 4.22. The highest BCUT2D eigenvalue weighted by molar-refractivity contribution is 6.34. The summed E-state index contributed by atoms with van der Waals surface area (Å²) in [6.45, 7) is 6.49. The lowest BCUT2D eigenvalue weighted by Crippen LogP contribution is -2.07. The fourth-order valence-electron chi connectivity index (χ4n) is 1.62. The second-order valence-electron chi connectivity index (χ2n) is 4.27. The Morgan fingerprint density at radius 3 is 2.56 bits per heavy atom. The number of hydrogen-bond acceptors (Lipinski definition) is 2. The first-order chi connectivity index (χ1) is 7.50. The highest BCUT2D eigenvalue weighted by atomic mass is 35.5. The van der Waals surface area contributed by atoms with Gasteiger partial charge in [0.25, 0.3) is 0 Å². The smallest absolute Gasteiger partial charge is 0.231 e. The maximum atomic E-state index is 6.13. The summed E-state index contributed by atoms with van der Waals surface area (Å²) in [6.07, 6.45) is 1.65. The van der Waals surface area contributed by atoms with Gasteiger partial charge in [0, 0.05) is 11.6 Å². The maximum Gasteiger partial charge on any atom is 0.241 e. The molecular weight excluding hydrogens is 245 g/mol. The summed E-state index contributed by atoms with van der Waals surface area (Å²) in [5, 5.41) is 5.09. The van der Waals surface area contributed by atoms with Crippen molar-refractivity contribution < 1.29 is 0 Å². The third-order valence-corrected chi connectivity index (χ3v) is 3.41. The van der Waals surface area contributed by atoms with Crippen LogP contribution in [0, 0.1) is 5.92 Å². The quantitative estimate of drug-likeness (QED) is 0.820. The van der Waals surface area contributed by atoms with Crippen LogP contribution in [0.4, 0.5) is 0 Å². The van der Waals surface area contributed by atoms with E-state index in [9.17, 15) is 0 Å². The van der Waals surface area contributed by atoms with Gasteiger partial charge in [-0.3, -0.25) is 0 Å². The lowest BCUT2D eigenvalue weighted by molar-refractivity contribution is 0.514. The van der Waals surface area contributed by atoms with Crippen molar-refractivity contribution in [3.63, 3.8) is 0 Å². The van der Waals surface area contributed by atoms with Gasteiger partial charge in [0.2, 0.25) is 5.28 Å². The van der Waals surface area contributed by atoms with Gasteiger partial charge in [-0.15, -0.1) is 5.10 Å². The molecule has 0 bridgehead atoms. The van der Waals surface area contributed by atoms with E-state index in [2.05, 4.69) is 30.9 Å². The Morgan fingerprint density at radius 2 is 1.94 bits per heavy atom. The first kappa shape index (κ1) is 11.7. The predicted molar refractivity (Wildman–Crippen MR) is 66.3 cm³/mol. The number of fused-ring (bicyclic) bond motifs is 1. The molecule has 5 heteroatoms. The van der Waals surface area contributed by atoms with Crippen LogP contribution in [-0.4, -0.2) is 14.6 Å². The third-order valence-electron chi connectivity index (χ3n) is 2.93. The first-order valence-electron chi connectivity index (χ1n) is 5.20. The summed E-state index contributed by atoms with van der Waals surface area (Å²) < 4.78 is 1.78. The average molecular weight is 258 g/mol. The molecule has 2 rings (SSSR count). The van der Waals surface area contributed by atoms with Crippen LogP contribution in [0.15, 0.2) is 12.3 Å². The molecule has 2 heterocycles. The molecule has 0 radical (unpaired) electrons. The van der Waals surface area contributed by atoms with Crippen LogP contribution in [0.2, 0.25) is 10.3 Å². The van der Waals surface area contributed by atoms with Gasteiger partial charge in [-0.1, -0.05) is 32.4 Å².